The van der Waals surface area contributed by atoms with Crippen molar-refractivity contribution in [1.29, 1.82) is 0 Å². The van der Waals surface area contributed by atoms with E-state index < -0.39 is 0 Å². The van der Waals surface area contributed by atoms with Crippen LogP contribution in [0.2, 0.25) is 0 Å². The van der Waals surface area contributed by atoms with Gasteiger partial charge < -0.3 is 9.47 Å². The van der Waals surface area contributed by atoms with Gasteiger partial charge in [0.2, 0.25) is 0 Å². The largest absolute Gasteiger partial charge is 0.497 e. The predicted molar refractivity (Wildman–Crippen MR) is 75.1 cm³/mol. The van der Waals surface area contributed by atoms with E-state index in [-0.39, 0.29) is 24.5 Å². The van der Waals surface area contributed by atoms with Crippen LogP contribution in [0.1, 0.15) is 19.4 Å². The Hall–Kier alpha value is -1.55. The number of ether oxygens (including phenoxy) is 2. The molecule has 0 spiro atoms. The van der Waals surface area contributed by atoms with Gasteiger partial charge in [-0.1, -0.05) is 26.0 Å². The van der Waals surface area contributed by atoms with E-state index in [1.54, 1.807) is 7.11 Å². The minimum absolute atomic E-state index is 0.192. The molecule has 0 radical (unpaired) electrons. The lowest BCUT2D eigenvalue weighted by molar-refractivity contribution is -0.152. The van der Waals surface area contributed by atoms with Gasteiger partial charge in [-0.2, -0.15) is 0 Å². The fourth-order valence-electron chi connectivity index (χ4n) is 2.08. The highest BCUT2D eigenvalue weighted by Crippen LogP contribution is 2.15. The number of carbonyl (C=O) groups is 1. The van der Waals surface area contributed by atoms with Gasteiger partial charge >= 0.3 is 5.97 Å². The lowest BCUT2D eigenvalue weighted by Crippen LogP contribution is -2.41. The minimum Gasteiger partial charge on any atom is -0.497 e. The normalized spacial score (nSPS) is 12.6. The highest BCUT2D eigenvalue weighted by atomic mass is 16.5. The molecule has 1 aromatic carbocycles. The van der Waals surface area contributed by atoms with Gasteiger partial charge in [-0.3, -0.25) is 9.69 Å². The van der Waals surface area contributed by atoms with Crippen molar-refractivity contribution in [2.45, 2.75) is 26.5 Å². The Bertz CT molecular complexity index is 408. The third-order valence-electron chi connectivity index (χ3n) is 2.94. The smallest absolute Gasteiger partial charge is 0.323 e. The first-order chi connectivity index (χ1) is 8.95. The molecule has 0 aliphatic rings. The molecule has 0 bridgehead atoms. The maximum absolute atomic E-state index is 12.1. The third-order valence-corrected chi connectivity index (χ3v) is 2.94. The van der Waals surface area contributed by atoms with Crippen molar-refractivity contribution in [3.63, 3.8) is 0 Å². The van der Waals surface area contributed by atoms with Crippen LogP contribution in [0.25, 0.3) is 0 Å². The molecule has 0 amide bonds. The van der Waals surface area contributed by atoms with E-state index in [0.29, 0.717) is 0 Å². The molecule has 1 atom stereocenters. The minimum atomic E-state index is -0.217. The van der Waals surface area contributed by atoms with Crippen LogP contribution < -0.4 is 4.74 Å². The highest BCUT2D eigenvalue weighted by molar-refractivity contribution is 5.76. The maximum atomic E-state index is 12.1. The second kappa shape index (κ2) is 7.14. The lowest BCUT2D eigenvalue weighted by Gasteiger charge is -2.25. The quantitative estimate of drug-likeness (QED) is 0.740. The summed E-state index contributed by atoms with van der Waals surface area (Å²) >= 11 is 0. The van der Waals surface area contributed by atoms with Crippen molar-refractivity contribution in [2.24, 2.45) is 5.92 Å². The van der Waals surface area contributed by atoms with Crippen molar-refractivity contribution in [2.75, 3.05) is 21.2 Å². The molecule has 0 saturated carbocycles. The van der Waals surface area contributed by atoms with E-state index in [9.17, 15) is 4.79 Å². The van der Waals surface area contributed by atoms with Crippen LogP contribution >= 0.6 is 0 Å². The fraction of sp³-hybridized carbons (Fsp3) is 0.533. The number of benzene rings is 1. The van der Waals surface area contributed by atoms with E-state index in [2.05, 4.69) is 0 Å². The predicted octanol–water partition coefficient (Wildman–Crippen LogP) is 2.32. The van der Waals surface area contributed by atoms with Crippen LogP contribution in [-0.4, -0.2) is 38.1 Å². The molecule has 0 heterocycles. The van der Waals surface area contributed by atoms with Crippen LogP contribution in [0.5, 0.6) is 5.75 Å². The Morgan fingerprint density at radius 2 is 2.00 bits per heavy atom. The number of carbonyl (C=O) groups excluding carboxylic acids is 1. The molecule has 1 aromatic rings. The van der Waals surface area contributed by atoms with Gasteiger partial charge in [0.1, 0.15) is 18.4 Å². The van der Waals surface area contributed by atoms with Crippen molar-refractivity contribution in [1.82, 2.24) is 4.90 Å². The number of nitrogens with zero attached hydrogens (tertiary/aromatic N) is 1. The number of methoxy groups -OCH3 is 1. The molecule has 0 unspecified atom stereocenters. The summed E-state index contributed by atoms with van der Waals surface area (Å²) in [5, 5.41) is 0. The summed E-state index contributed by atoms with van der Waals surface area (Å²) in [6.45, 7) is 4.29. The van der Waals surface area contributed by atoms with Crippen LogP contribution in [0, 0.1) is 5.92 Å². The lowest BCUT2D eigenvalue weighted by atomic mass is 10.0. The first kappa shape index (κ1) is 15.5. The second-order valence-electron chi connectivity index (χ2n) is 5.11. The SMILES string of the molecule is COc1cccc(COC(=O)[C@H](C(C)C)N(C)C)c1. The molecule has 19 heavy (non-hydrogen) atoms. The molecule has 106 valence electrons. The van der Waals surface area contributed by atoms with Gasteiger partial charge in [0.25, 0.3) is 0 Å². The van der Waals surface area contributed by atoms with Gasteiger partial charge in [-0.15, -0.1) is 0 Å². The Kier molecular flexibility index (Phi) is 5.83. The molecule has 0 saturated heterocycles. The number of hydrogen-bond acceptors (Lipinski definition) is 4. The summed E-state index contributed by atoms with van der Waals surface area (Å²) in [5.74, 6) is 0.789. The van der Waals surface area contributed by atoms with E-state index in [1.807, 2.05) is 57.1 Å². The Morgan fingerprint density at radius 3 is 2.53 bits per heavy atom. The molecule has 0 aliphatic heterocycles. The molecule has 0 aromatic heterocycles. The van der Waals surface area contributed by atoms with Crippen molar-refractivity contribution in [3.05, 3.63) is 29.8 Å². The zero-order valence-electron chi connectivity index (χ0n) is 12.3. The monoisotopic (exact) mass is 265 g/mol. The average molecular weight is 265 g/mol. The Balaban J connectivity index is 2.62. The standard InChI is InChI=1S/C15H23NO3/c1-11(2)14(16(3)4)15(17)19-10-12-7-6-8-13(9-12)18-5/h6-9,11,14H,10H2,1-5H3/t14-/m0/s1. The number of rotatable bonds is 6. The third kappa shape index (κ3) is 4.56. The van der Waals surface area contributed by atoms with Gasteiger partial charge in [0.15, 0.2) is 0 Å². The Labute approximate surface area is 115 Å². The van der Waals surface area contributed by atoms with Gasteiger partial charge in [-0.05, 0) is 37.7 Å². The molecular weight excluding hydrogens is 242 g/mol. The van der Waals surface area contributed by atoms with Crippen LogP contribution in [0.4, 0.5) is 0 Å². The number of likely N-dealkylation sites (N-methyl/N-ethyl adjacent to an activating group) is 1. The molecule has 1 rings (SSSR count). The maximum Gasteiger partial charge on any atom is 0.323 e. The van der Waals surface area contributed by atoms with Crippen LogP contribution in [-0.2, 0) is 16.1 Å². The van der Waals surface area contributed by atoms with Gasteiger partial charge in [0, 0.05) is 0 Å². The van der Waals surface area contributed by atoms with Gasteiger partial charge in [0.05, 0.1) is 7.11 Å². The summed E-state index contributed by atoms with van der Waals surface area (Å²) in [5.41, 5.74) is 0.925. The fourth-order valence-corrected chi connectivity index (χ4v) is 2.08. The molecule has 4 heteroatoms. The van der Waals surface area contributed by atoms with E-state index in [4.69, 9.17) is 9.47 Å². The number of esters is 1. The van der Waals surface area contributed by atoms with E-state index in [1.165, 1.54) is 0 Å². The highest BCUT2D eigenvalue weighted by Gasteiger charge is 2.25. The van der Waals surface area contributed by atoms with Crippen LogP contribution in [0.3, 0.4) is 0 Å². The zero-order valence-corrected chi connectivity index (χ0v) is 12.3. The number of hydrogen-bond donors (Lipinski definition) is 0. The average Bonchev–Trinajstić information content (AvgIpc) is 2.35. The second-order valence-corrected chi connectivity index (χ2v) is 5.11. The first-order valence-electron chi connectivity index (χ1n) is 6.41. The van der Waals surface area contributed by atoms with Crippen LogP contribution in [0.15, 0.2) is 24.3 Å². The van der Waals surface area contributed by atoms with Crippen molar-refractivity contribution in [3.8, 4) is 5.75 Å². The summed E-state index contributed by atoms with van der Waals surface area (Å²) in [4.78, 5) is 13.9. The van der Waals surface area contributed by atoms with Crippen molar-refractivity contribution >= 4 is 5.97 Å². The summed E-state index contributed by atoms with van der Waals surface area (Å²) in [6.07, 6.45) is 0. The topological polar surface area (TPSA) is 38.8 Å². The molecule has 0 fully saturated rings. The van der Waals surface area contributed by atoms with Crippen molar-refractivity contribution < 1.29 is 14.3 Å². The summed E-state index contributed by atoms with van der Waals surface area (Å²) < 4.78 is 10.5. The molecule has 0 aliphatic carbocycles. The van der Waals surface area contributed by atoms with E-state index in [0.717, 1.165) is 11.3 Å². The summed E-state index contributed by atoms with van der Waals surface area (Å²) in [7, 11) is 5.39. The van der Waals surface area contributed by atoms with Gasteiger partial charge in [-0.25, -0.2) is 0 Å². The molecule has 0 N–H and O–H groups in total. The molecular formula is C15H23NO3. The summed E-state index contributed by atoms with van der Waals surface area (Å²) in [6, 6.07) is 7.31. The van der Waals surface area contributed by atoms with E-state index >= 15 is 0 Å². The Morgan fingerprint density at radius 1 is 1.32 bits per heavy atom. The first-order valence-corrected chi connectivity index (χ1v) is 6.41. The zero-order chi connectivity index (χ0) is 14.4. The molecule has 4 nitrogen and oxygen atoms in total.